The maximum atomic E-state index is 13.7. The largest absolute Gasteiger partial charge is 0.347 e. The Labute approximate surface area is 98.4 Å². The van der Waals surface area contributed by atoms with Gasteiger partial charge < -0.3 is 10.2 Å². The Kier molecular flexibility index (Phi) is 3.08. The van der Waals surface area contributed by atoms with E-state index in [4.69, 9.17) is 0 Å². The molecule has 1 aliphatic rings. The van der Waals surface area contributed by atoms with Crippen LogP contribution in [0.1, 0.15) is 12.0 Å². The monoisotopic (exact) mass is 236 g/mol. The van der Waals surface area contributed by atoms with Gasteiger partial charge in [-0.25, -0.2) is 4.39 Å². The van der Waals surface area contributed by atoms with Crippen LogP contribution in [0.15, 0.2) is 18.2 Å². The summed E-state index contributed by atoms with van der Waals surface area (Å²) < 4.78 is 13.7. The van der Waals surface area contributed by atoms with E-state index >= 15 is 0 Å². The zero-order chi connectivity index (χ0) is 12.4. The van der Waals surface area contributed by atoms with Crippen molar-refractivity contribution in [3.63, 3.8) is 0 Å². The first-order chi connectivity index (χ1) is 8.08. The highest BCUT2D eigenvalue weighted by molar-refractivity contribution is 5.98. The van der Waals surface area contributed by atoms with E-state index in [0.29, 0.717) is 0 Å². The Morgan fingerprint density at radius 2 is 2.12 bits per heavy atom. The van der Waals surface area contributed by atoms with E-state index in [2.05, 4.69) is 5.32 Å². The first kappa shape index (κ1) is 11.6. The first-order valence-corrected chi connectivity index (χ1v) is 5.41. The van der Waals surface area contributed by atoms with Crippen LogP contribution in [-0.2, 0) is 9.59 Å². The molecule has 0 saturated carbocycles. The van der Waals surface area contributed by atoms with Crippen LogP contribution >= 0.6 is 0 Å². The lowest BCUT2D eigenvalue weighted by atomic mass is 10.2. The fourth-order valence-electron chi connectivity index (χ4n) is 1.78. The molecule has 0 spiro atoms. The second-order valence-corrected chi connectivity index (χ2v) is 4.03. The quantitative estimate of drug-likeness (QED) is 0.790. The minimum absolute atomic E-state index is 0.0772. The van der Waals surface area contributed by atoms with Crippen LogP contribution in [0.25, 0.3) is 0 Å². The molecule has 0 bridgehead atoms. The number of hydrogen-bond donors (Lipinski definition) is 1. The maximum absolute atomic E-state index is 13.7. The van der Waals surface area contributed by atoms with Gasteiger partial charge in [0.2, 0.25) is 11.8 Å². The molecule has 2 amide bonds. The lowest BCUT2D eigenvalue weighted by Crippen LogP contribution is -2.35. The van der Waals surface area contributed by atoms with Gasteiger partial charge in [-0.1, -0.05) is 6.07 Å². The number of nitrogens with one attached hydrogen (secondary N) is 1. The van der Waals surface area contributed by atoms with Gasteiger partial charge in [0.15, 0.2) is 0 Å². The number of amides is 2. The smallest absolute Gasteiger partial charge is 0.246 e. The number of aryl methyl sites for hydroxylation is 1. The molecule has 1 N–H and O–H groups in total. The Morgan fingerprint density at radius 1 is 1.35 bits per heavy atom. The van der Waals surface area contributed by atoms with E-state index in [9.17, 15) is 14.0 Å². The molecule has 1 fully saturated rings. The lowest BCUT2D eigenvalue weighted by Gasteiger charge is -2.20. The van der Waals surface area contributed by atoms with E-state index in [1.807, 2.05) is 0 Å². The summed E-state index contributed by atoms with van der Waals surface area (Å²) in [5.74, 6) is -0.917. The van der Waals surface area contributed by atoms with E-state index in [1.165, 1.54) is 11.0 Å². The standard InChI is InChI=1S/C12H13FN2O2/c1-8-2-3-10(9(13)6-8)15-5-4-11(16)14-7-12(15)17/h2-3,6H,4-5,7H2,1H3,(H,14,16). The number of hydrogen-bond acceptors (Lipinski definition) is 2. The van der Waals surface area contributed by atoms with Crippen LogP contribution in [0.4, 0.5) is 10.1 Å². The van der Waals surface area contributed by atoms with Crippen LogP contribution in [0.2, 0.25) is 0 Å². The molecular weight excluding hydrogens is 223 g/mol. The Balaban J connectivity index is 2.31. The second-order valence-electron chi connectivity index (χ2n) is 4.03. The molecule has 4 nitrogen and oxygen atoms in total. The predicted octanol–water partition coefficient (Wildman–Crippen LogP) is 0.987. The fourth-order valence-corrected chi connectivity index (χ4v) is 1.78. The van der Waals surface area contributed by atoms with E-state index in [-0.39, 0.29) is 37.0 Å². The number of benzene rings is 1. The normalized spacial score (nSPS) is 16.7. The summed E-state index contributed by atoms with van der Waals surface area (Å²) in [7, 11) is 0. The van der Waals surface area contributed by atoms with Gasteiger partial charge in [0, 0.05) is 13.0 Å². The Bertz CT molecular complexity index is 474. The van der Waals surface area contributed by atoms with Crippen molar-refractivity contribution in [2.24, 2.45) is 0 Å². The Hall–Kier alpha value is -1.91. The average molecular weight is 236 g/mol. The topological polar surface area (TPSA) is 49.4 Å². The summed E-state index contributed by atoms with van der Waals surface area (Å²) in [5, 5.41) is 2.47. The minimum Gasteiger partial charge on any atom is -0.347 e. The van der Waals surface area contributed by atoms with Gasteiger partial charge in [0.25, 0.3) is 0 Å². The van der Waals surface area contributed by atoms with E-state index in [0.717, 1.165) is 5.56 Å². The van der Waals surface area contributed by atoms with Crippen molar-refractivity contribution in [3.8, 4) is 0 Å². The fraction of sp³-hybridized carbons (Fsp3) is 0.333. The van der Waals surface area contributed by atoms with Gasteiger partial charge >= 0.3 is 0 Å². The van der Waals surface area contributed by atoms with Gasteiger partial charge in [-0.2, -0.15) is 0 Å². The van der Waals surface area contributed by atoms with Crippen molar-refractivity contribution in [3.05, 3.63) is 29.6 Å². The van der Waals surface area contributed by atoms with Gasteiger partial charge in [-0.05, 0) is 24.6 Å². The molecule has 5 heteroatoms. The zero-order valence-electron chi connectivity index (χ0n) is 9.50. The highest BCUT2D eigenvalue weighted by Gasteiger charge is 2.23. The van der Waals surface area contributed by atoms with Crippen LogP contribution in [0, 0.1) is 12.7 Å². The summed E-state index contributed by atoms with van der Waals surface area (Å²) >= 11 is 0. The molecule has 0 aromatic heterocycles. The van der Waals surface area contributed by atoms with Gasteiger partial charge in [-0.3, -0.25) is 9.59 Å². The number of rotatable bonds is 1. The highest BCUT2D eigenvalue weighted by Crippen LogP contribution is 2.21. The van der Waals surface area contributed by atoms with Crippen molar-refractivity contribution in [1.82, 2.24) is 5.32 Å². The first-order valence-electron chi connectivity index (χ1n) is 5.41. The summed E-state index contributed by atoms with van der Waals surface area (Å²) in [5.41, 5.74) is 1.03. The van der Waals surface area contributed by atoms with Crippen molar-refractivity contribution in [1.29, 1.82) is 0 Å². The highest BCUT2D eigenvalue weighted by atomic mass is 19.1. The van der Waals surface area contributed by atoms with Crippen molar-refractivity contribution < 1.29 is 14.0 Å². The molecule has 0 unspecified atom stereocenters. The molecule has 17 heavy (non-hydrogen) atoms. The van der Waals surface area contributed by atoms with Crippen molar-refractivity contribution in [2.75, 3.05) is 18.0 Å². The average Bonchev–Trinajstić information content (AvgIpc) is 2.43. The van der Waals surface area contributed by atoms with Crippen molar-refractivity contribution >= 4 is 17.5 Å². The summed E-state index contributed by atoms with van der Waals surface area (Å²) in [4.78, 5) is 24.2. The molecule has 2 rings (SSSR count). The molecular formula is C12H13FN2O2. The van der Waals surface area contributed by atoms with E-state index in [1.54, 1.807) is 19.1 Å². The number of carbonyl (C=O) groups excluding carboxylic acids is 2. The molecule has 0 radical (unpaired) electrons. The molecule has 1 saturated heterocycles. The third kappa shape index (κ3) is 2.43. The molecule has 0 aliphatic carbocycles. The summed E-state index contributed by atoms with van der Waals surface area (Å²) in [6.07, 6.45) is 0.194. The molecule has 1 aromatic carbocycles. The minimum atomic E-state index is -0.437. The van der Waals surface area contributed by atoms with E-state index < -0.39 is 5.82 Å². The molecule has 1 aliphatic heterocycles. The van der Waals surface area contributed by atoms with Gasteiger partial charge in [0.05, 0.1) is 12.2 Å². The maximum Gasteiger partial charge on any atom is 0.246 e. The number of anilines is 1. The van der Waals surface area contributed by atoms with Gasteiger partial charge in [-0.15, -0.1) is 0 Å². The third-order valence-electron chi connectivity index (χ3n) is 2.69. The molecule has 1 heterocycles. The number of halogens is 1. The van der Waals surface area contributed by atoms with Crippen LogP contribution < -0.4 is 10.2 Å². The third-order valence-corrected chi connectivity index (χ3v) is 2.69. The number of nitrogens with zero attached hydrogens (tertiary/aromatic N) is 1. The second kappa shape index (κ2) is 4.53. The summed E-state index contributed by atoms with van der Waals surface area (Å²) in [6, 6.07) is 4.69. The molecule has 1 aromatic rings. The van der Waals surface area contributed by atoms with Crippen molar-refractivity contribution in [2.45, 2.75) is 13.3 Å². The van der Waals surface area contributed by atoms with Crippen LogP contribution in [0.3, 0.4) is 0 Å². The predicted molar refractivity (Wildman–Crippen MR) is 61.1 cm³/mol. The Morgan fingerprint density at radius 3 is 2.82 bits per heavy atom. The summed E-state index contributed by atoms with van der Waals surface area (Å²) in [6.45, 7) is 1.92. The molecule has 0 atom stereocenters. The molecule has 90 valence electrons. The SMILES string of the molecule is Cc1ccc(N2CCC(=O)NCC2=O)c(F)c1. The van der Waals surface area contributed by atoms with Crippen LogP contribution in [0.5, 0.6) is 0 Å². The number of carbonyl (C=O) groups is 2. The zero-order valence-corrected chi connectivity index (χ0v) is 9.50. The van der Waals surface area contributed by atoms with Gasteiger partial charge in [0.1, 0.15) is 5.82 Å². The lowest BCUT2D eigenvalue weighted by molar-refractivity contribution is -0.123. The van der Waals surface area contributed by atoms with Crippen LogP contribution in [-0.4, -0.2) is 24.9 Å².